The number of Topliss-reactive ketones (excluding diaryl/α,β-unsaturated/α-hetero) is 1. The van der Waals surface area contributed by atoms with Crippen molar-refractivity contribution in [3.8, 4) is 5.75 Å². The molecule has 1 atom stereocenters. The second-order valence-electron chi connectivity index (χ2n) is 4.66. The van der Waals surface area contributed by atoms with Crippen LogP contribution in [0, 0.1) is 11.8 Å². The van der Waals surface area contributed by atoms with Gasteiger partial charge < -0.3 is 4.74 Å². The number of hydrogen-bond donors (Lipinski definition) is 0. The number of halogens is 2. The summed E-state index contributed by atoms with van der Waals surface area (Å²) < 4.78 is 5.15. The van der Waals surface area contributed by atoms with Crippen LogP contribution in [0.1, 0.15) is 29.8 Å². The van der Waals surface area contributed by atoms with Gasteiger partial charge in [-0.2, -0.15) is 0 Å². The van der Waals surface area contributed by atoms with Gasteiger partial charge in [0, 0.05) is 11.5 Å². The Labute approximate surface area is 111 Å². The lowest BCUT2D eigenvalue weighted by atomic mass is 9.92. The van der Waals surface area contributed by atoms with Crippen molar-refractivity contribution in [1.29, 1.82) is 0 Å². The quantitative estimate of drug-likeness (QED) is 0.813. The van der Waals surface area contributed by atoms with E-state index in [-0.39, 0.29) is 11.7 Å². The highest BCUT2D eigenvalue weighted by atomic mass is 35.5. The zero-order chi connectivity index (χ0) is 12.7. The monoisotopic (exact) mass is 272 g/mol. The van der Waals surface area contributed by atoms with E-state index in [4.69, 9.17) is 27.9 Å². The summed E-state index contributed by atoms with van der Waals surface area (Å²) in [7, 11) is 1.54. The van der Waals surface area contributed by atoms with E-state index >= 15 is 0 Å². The molecule has 4 heteroatoms. The summed E-state index contributed by atoms with van der Waals surface area (Å²) in [5, 5.41) is 0.653. The average Bonchev–Trinajstić information content (AvgIpc) is 2.61. The zero-order valence-corrected chi connectivity index (χ0v) is 11.5. The van der Waals surface area contributed by atoms with Gasteiger partial charge in [0.15, 0.2) is 5.78 Å². The number of rotatable bonds is 2. The number of ether oxygens (including phenoxy) is 1. The van der Waals surface area contributed by atoms with Crippen molar-refractivity contribution in [3.05, 3.63) is 27.2 Å². The summed E-state index contributed by atoms with van der Waals surface area (Å²) in [5.74, 6) is 0.943. The van der Waals surface area contributed by atoms with Crippen molar-refractivity contribution in [2.45, 2.75) is 20.3 Å². The van der Waals surface area contributed by atoms with Crippen LogP contribution in [0.4, 0.5) is 0 Å². The van der Waals surface area contributed by atoms with Gasteiger partial charge in [-0.3, -0.25) is 4.79 Å². The maximum Gasteiger partial charge on any atom is 0.168 e. The molecule has 0 bridgehead atoms. The zero-order valence-electron chi connectivity index (χ0n) is 10.0. The lowest BCUT2D eigenvalue weighted by Crippen LogP contribution is -2.15. The molecule has 2 nitrogen and oxygen atoms in total. The van der Waals surface area contributed by atoms with E-state index in [0.29, 0.717) is 27.3 Å². The fourth-order valence-electron chi connectivity index (χ4n) is 2.28. The second kappa shape index (κ2) is 4.51. The molecule has 0 saturated heterocycles. The summed E-state index contributed by atoms with van der Waals surface area (Å²) in [5.41, 5.74) is 1.52. The van der Waals surface area contributed by atoms with Crippen LogP contribution in [0.25, 0.3) is 0 Å². The fraction of sp³-hybridized carbons (Fsp3) is 0.462. The van der Waals surface area contributed by atoms with E-state index in [9.17, 15) is 4.79 Å². The van der Waals surface area contributed by atoms with Crippen LogP contribution >= 0.6 is 23.2 Å². The van der Waals surface area contributed by atoms with Crippen LogP contribution in [-0.2, 0) is 6.42 Å². The Kier molecular flexibility index (Phi) is 3.37. The van der Waals surface area contributed by atoms with Crippen LogP contribution in [0.2, 0.25) is 10.0 Å². The molecule has 0 radical (unpaired) electrons. The van der Waals surface area contributed by atoms with Gasteiger partial charge in [0.25, 0.3) is 0 Å². The highest BCUT2D eigenvalue weighted by Gasteiger charge is 2.36. The minimum atomic E-state index is 0.00525. The lowest BCUT2D eigenvalue weighted by Gasteiger charge is -2.11. The molecule has 17 heavy (non-hydrogen) atoms. The predicted molar refractivity (Wildman–Crippen MR) is 69.4 cm³/mol. The van der Waals surface area contributed by atoms with E-state index in [2.05, 4.69) is 0 Å². The van der Waals surface area contributed by atoms with Gasteiger partial charge >= 0.3 is 0 Å². The molecule has 0 spiro atoms. The van der Waals surface area contributed by atoms with Gasteiger partial charge in [0.05, 0.1) is 12.1 Å². The van der Waals surface area contributed by atoms with Gasteiger partial charge in [-0.05, 0) is 24.0 Å². The minimum Gasteiger partial charge on any atom is -0.495 e. The molecule has 0 N–H and O–H groups in total. The van der Waals surface area contributed by atoms with E-state index in [1.807, 2.05) is 19.9 Å². The molecule has 0 heterocycles. The molecule has 0 fully saturated rings. The second-order valence-corrected chi connectivity index (χ2v) is 5.42. The first-order valence-electron chi connectivity index (χ1n) is 5.56. The number of carbonyl (C=O) groups is 1. The number of carbonyl (C=O) groups excluding carboxylic acids is 1. The largest absolute Gasteiger partial charge is 0.495 e. The number of hydrogen-bond acceptors (Lipinski definition) is 2. The summed E-state index contributed by atoms with van der Waals surface area (Å²) in [4.78, 5) is 12.2. The normalized spacial score (nSPS) is 18.7. The van der Waals surface area contributed by atoms with E-state index < -0.39 is 0 Å². The molecule has 1 aliphatic carbocycles. The SMILES string of the molecule is COc1cc2c(c(Cl)c1Cl)C(=O)[C@H](C(C)C)C2. The third-order valence-electron chi connectivity index (χ3n) is 3.30. The summed E-state index contributed by atoms with van der Waals surface area (Å²) >= 11 is 12.2. The van der Waals surface area contributed by atoms with Gasteiger partial charge in [-0.15, -0.1) is 0 Å². The molecule has 0 saturated carbocycles. The van der Waals surface area contributed by atoms with Gasteiger partial charge in [-0.1, -0.05) is 37.0 Å². The third kappa shape index (κ3) is 1.94. The first-order valence-corrected chi connectivity index (χ1v) is 6.32. The highest BCUT2D eigenvalue weighted by Crippen LogP contribution is 2.43. The van der Waals surface area contributed by atoms with E-state index in [0.717, 1.165) is 12.0 Å². The van der Waals surface area contributed by atoms with Gasteiger partial charge in [0.1, 0.15) is 10.8 Å². The van der Waals surface area contributed by atoms with Crippen molar-refractivity contribution < 1.29 is 9.53 Å². The average molecular weight is 273 g/mol. The molecule has 1 aromatic rings. The number of ketones is 1. The molecule has 92 valence electrons. The predicted octanol–water partition coefficient (Wildman–Crippen LogP) is 4.01. The van der Waals surface area contributed by atoms with Crippen molar-refractivity contribution in [2.24, 2.45) is 11.8 Å². The molecule has 0 amide bonds. The molecule has 0 aliphatic heterocycles. The molecular formula is C13H14Cl2O2. The highest BCUT2D eigenvalue weighted by molar-refractivity contribution is 6.45. The first-order chi connectivity index (χ1) is 7.97. The Bertz CT molecular complexity index is 481. The summed E-state index contributed by atoms with van der Waals surface area (Å²) in [6, 6.07) is 1.82. The van der Waals surface area contributed by atoms with Crippen LogP contribution in [0.15, 0.2) is 6.07 Å². The van der Waals surface area contributed by atoms with E-state index in [1.165, 1.54) is 0 Å². The minimum absolute atomic E-state index is 0.00525. The van der Waals surface area contributed by atoms with Crippen molar-refractivity contribution >= 4 is 29.0 Å². The lowest BCUT2D eigenvalue weighted by molar-refractivity contribution is 0.0906. The van der Waals surface area contributed by atoms with Crippen LogP contribution in [0.5, 0.6) is 5.75 Å². The van der Waals surface area contributed by atoms with Crippen LogP contribution in [-0.4, -0.2) is 12.9 Å². The van der Waals surface area contributed by atoms with Gasteiger partial charge in [-0.25, -0.2) is 0 Å². The smallest absolute Gasteiger partial charge is 0.168 e. The number of benzene rings is 1. The molecule has 0 aromatic heterocycles. The maximum atomic E-state index is 12.2. The Morgan fingerprint density at radius 1 is 1.35 bits per heavy atom. The molecule has 1 aromatic carbocycles. The maximum absolute atomic E-state index is 12.2. The Morgan fingerprint density at radius 3 is 2.53 bits per heavy atom. The fourth-order valence-corrected chi connectivity index (χ4v) is 2.82. The van der Waals surface area contributed by atoms with Crippen molar-refractivity contribution in [2.75, 3.05) is 7.11 Å². The van der Waals surface area contributed by atoms with E-state index in [1.54, 1.807) is 7.11 Å². The van der Waals surface area contributed by atoms with Gasteiger partial charge in [0.2, 0.25) is 0 Å². The van der Waals surface area contributed by atoms with Crippen molar-refractivity contribution in [3.63, 3.8) is 0 Å². The molecule has 1 aliphatic rings. The summed E-state index contributed by atoms with van der Waals surface area (Å²) in [6.45, 7) is 4.09. The topological polar surface area (TPSA) is 26.3 Å². The standard InChI is InChI=1S/C13H14Cl2O2/c1-6(2)8-4-7-5-9(17-3)11(14)12(15)10(7)13(8)16/h5-6,8H,4H2,1-3H3/t8-/m0/s1. The number of fused-ring (bicyclic) bond motifs is 1. The number of methoxy groups -OCH3 is 1. The van der Waals surface area contributed by atoms with Crippen LogP contribution < -0.4 is 4.74 Å². The summed E-state index contributed by atoms with van der Waals surface area (Å²) in [6.07, 6.45) is 0.721. The van der Waals surface area contributed by atoms with Crippen molar-refractivity contribution in [1.82, 2.24) is 0 Å². The molecular weight excluding hydrogens is 259 g/mol. The first kappa shape index (κ1) is 12.7. The third-order valence-corrected chi connectivity index (χ3v) is 4.15. The Balaban J connectivity index is 2.56. The molecule has 2 rings (SSSR count). The molecule has 0 unspecified atom stereocenters. The Morgan fingerprint density at radius 2 is 2.00 bits per heavy atom. The van der Waals surface area contributed by atoms with Crippen LogP contribution in [0.3, 0.4) is 0 Å². The Hall–Kier alpha value is -0.730.